The molecule has 4 unspecified atom stereocenters. The molecule has 0 saturated heterocycles. The fourth-order valence-electron chi connectivity index (χ4n) is 2.76. The van der Waals surface area contributed by atoms with Crippen molar-refractivity contribution in [3.05, 3.63) is 0 Å². The summed E-state index contributed by atoms with van der Waals surface area (Å²) in [6.45, 7) is 4.10. The number of nitrogens with one attached hydrogen (secondary N) is 3. The first-order chi connectivity index (χ1) is 14.9. The zero-order valence-corrected chi connectivity index (χ0v) is 19.4. The Morgan fingerprint density at radius 3 is 1.91 bits per heavy atom. The summed E-state index contributed by atoms with van der Waals surface area (Å²) in [7, 11) is 0. The number of primary amides is 1. The SMILES string of the molecule is CC(C)CC(NC(=O)C(CS)NC(=O)C(N)CCCCN)C(=O)NC(CC(N)=O)C(=O)O. The number of carbonyl (C=O) groups is 5. The fraction of sp³-hybridized carbons (Fsp3) is 0.737. The molecule has 0 bridgehead atoms. The molecule has 0 heterocycles. The molecule has 4 atom stereocenters. The van der Waals surface area contributed by atoms with E-state index in [1.807, 2.05) is 13.8 Å². The number of unbranched alkanes of at least 4 members (excludes halogenated alkanes) is 1. The van der Waals surface area contributed by atoms with Crippen LogP contribution in [-0.4, -0.2) is 71.2 Å². The number of carbonyl (C=O) groups excluding carboxylic acids is 4. The van der Waals surface area contributed by atoms with Crippen LogP contribution in [0.25, 0.3) is 0 Å². The Labute approximate surface area is 193 Å². The first-order valence-electron chi connectivity index (χ1n) is 10.4. The number of carboxylic acid groups (broad SMARTS) is 1. The van der Waals surface area contributed by atoms with E-state index in [1.165, 1.54) is 0 Å². The number of hydrogen-bond acceptors (Lipinski definition) is 8. The molecule has 4 amide bonds. The smallest absolute Gasteiger partial charge is 0.326 e. The molecular formula is C19H36N6O6S. The lowest BCUT2D eigenvalue weighted by Crippen LogP contribution is -2.58. The molecule has 0 aromatic carbocycles. The second kappa shape index (κ2) is 15.4. The minimum absolute atomic E-state index is 0.0366. The van der Waals surface area contributed by atoms with E-state index in [-0.39, 0.29) is 18.1 Å². The van der Waals surface area contributed by atoms with Crippen LogP contribution >= 0.6 is 12.6 Å². The minimum atomic E-state index is -1.53. The second-order valence-corrected chi connectivity index (χ2v) is 8.26. The van der Waals surface area contributed by atoms with Gasteiger partial charge in [0.15, 0.2) is 0 Å². The van der Waals surface area contributed by atoms with Crippen molar-refractivity contribution in [1.82, 2.24) is 16.0 Å². The highest BCUT2D eigenvalue weighted by Crippen LogP contribution is 2.07. The maximum Gasteiger partial charge on any atom is 0.326 e. The highest BCUT2D eigenvalue weighted by molar-refractivity contribution is 7.80. The third-order valence-corrected chi connectivity index (χ3v) is 4.85. The molecule has 32 heavy (non-hydrogen) atoms. The van der Waals surface area contributed by atoms with Crippen LogP contribution in [0.5, 0.6) is 0 Å². The van der Waals surface area contributed by atoms with Crippen LogP contribution in [0.2, 0.25) is 0 Å². The summed E-state index contributed by atoms with van der Waals surface area (Å²) < 4.78 is 0. The van der Waals surface area contributed by atoms with Crippen LogP contribution < -0.4 is 33.2 Å². The molecule has 10 N–H and O–H groups in total. The molecule has 12 nitrogen and oxygen atoms in total. The first-order valence-corrected chi connectivity index (χ1v) is 11.0. The maximum absolute atomic E-state index is 12.7. The molecule has 0 aromatic rings. The van der Waals surface area contributed by atoms with Gasteiger partial charge in [-0.2, -0.15) is 12.6 Å². The molecule has 0 spiro atoms. The fourth-order valence-corrected chi connectivity index (χ4v) is 3.02. The van der Waals surface area contributed by atoms with Crippen LogP contribution in [0.3, 0.4) is 0 Å². The van der Waals surface area contributed by atoms with Gasteiger partial charge in [-0.25, -0.2) is 4.79 Å². The lowest BCUT2D eigenvalue weighted by Gasteiger charge is -2.25. The average Bonchev–Trinajstić information content (AvgIpc) is 2.69. The van der Waals surface area contributed by atoms with Crippen molar-refractivity contribution in [3.63, 3.8) is 0 Å². The molecule has 0 aliphatic rings. The quantitative estimate of drug-likeness (QED) is 0.0902. The van der Waals surface area contributed by atoms with Gasteiger partial charge in [0.2, 0.25) is 23.6 Å². The minimum Gasteiger partial charge on any atom is -0.480 e. The number of thiol groups is 1. The molecule has 0 aromatic heterocycles. The summed E-state index contributed by atoms with van der Waals surface area (Å²) in [5, 5.41) is 16.4. The van der Waals surface area contributed by atoms with Gasteiger partial charge in [0, 0.05) is 5.75 Å². The summed E-state index contributed by atoms with van der Waals surface area (Å²) in [6.07, 6.45) is 1.37. The van der Waals surface area contributed by atoms with Gasteiger partial charge in [-0.05, 0) is 31.7 Å². The molecule has 0 aliphatic heterocycles. The molecule has 13 heteroatoms. The standard InChI is InChI=1S/C19H36N6O6S/c1-10(2)7-12(17(28)24-13(19(30)31)8-15(22)26)23-18(29)14(9-32)25-16(27)11(21)5-3-4-6-20/h10-14,32H,3-9,20-21H2,1-2H3,(H2,22,26)(H,23,29)(H,24,28)(H,25,27)(H,30,31). The van der Waals surface area contributed by atoms with Gasteiger partial charge in [-0.3, -0.25) is 19.2 Å². The van der Waals surface area contributed by atoms with Crippen LogP contribution in [0.15, 0.2) is 0 Å². The van der Waals surface area contributed by atoms with E-state index in [2.05, 4.69) is 28.6 Å². The van der Waals surface area contributed by atoms with Crippen LogP contribution in [0.4, 0.5) is 0 Å². The van der Waals surface area contributed by atoms with E-state index in [9.17, 15) is 29.1 Å². The Hall–Kier alpha value is -2.38. The lowest BCUT2D eigenvalue weighted by atomic mass is 10.0. The second-order valence-electron chi connectivity index (χ2n) is 7.90. The van der Waals surface area contributed by atoms with E-state index >= 15 is 0 Å². The van der Waals surface area contributed by atoms with Gasteiger partial charge < -0.3 is 38.3 Å². The molecular weight excluding hydrogens is 440 g/mol. The Morgan fingerprint density at radius 2 is 1.44 bits per heavy atom. The Balaban J connectivity index is 5.19. The summed E-state index contributed by atoms with van der Waals surface area (Å²) >= 11 is 4.09. The van der Waals surface area contributed by atoms with Gasteiger partial charge in [0.1, 0.15) is 18.1 Å². The van der Waals surface area contributed by atoms with Crippen molar-refractivity contribution in [1.29, 1.82) is 0 Å². The highest BCUT2D eigenvalue weighted by atomic mass is 32.1. The van der Waals surface area contributed by atoms with Gasteiger partial charge in [-0.15, -0.1) is 0 Å². The third-order valence-electron chi connectivity index (χ3n) is 4.48. The first kappa shape index (κ1) is 29.6. The predicted molar refractivity (Wildman–Crippen MR) is 121 cm³/mol. The molecule has 184 valence electrons. The predicted octanol–water partition coefficient (Wildman–Crippen LogP) is -2.17. The van der Waals surface area contributed by atoms with Gasteiger partial charge in [-0.1, -0.05) is 20.3 Å². The van der Waals surface area contributed by atoms with Gasteiger partial charge in [0.25, 0.3) is 0 Å². The number of hydrogen-bond donors (Lipinski definition) is 8. The lowest BCUT2D eigenvalue weighted by molar-refractivity contribution is -0.143. The molecule has 0 aliphatic carbocycles. The van der Waals surface area contributed by atoms with Crippen molar-refractivity contribution in [2.24, 2.45) is 23.1 Å². The van der Waals surface area contributed by atoms with E-state index < -0.39 is 60.2 Å². The van der Waals surface area contributed by atoms with E-state index in [4.69, 9.17) is 17.2 Å². The number of carboxylic acids is 1. The van der Waals surface area contributed by atoms with Crippen molar-refractivity contribution < 1.29 is 29.1 Å². The summed E-state index contributed by atoms with van der Waals surface area (Å²) in [5.74, 6) is -4.42. The maximum atomic E-state index is 12.7. The van der Waals surface area contributed by atoms with E-state index in [0.717, 1.165) is 6.42 Å². The Bertz CT molecular complexity index is 662. The molecule has 0 radical (unpaired) electrons. The Kier molecular flexibility index (Phi) is 14.3. The number of nitrogens with two attached hydrogens (primary N) is 3. The van der Waals surface area contributed by atoms with E-state index in [1.54, 1.807) is 0 Å². The molecule has 0 saturated carbocycles. The van der Waals surface area contributed by atoms with Crippen LogP contribution in [-0.2, 0) is 24.0 Å². The van der Waals surface area contributed by atoms with E-state index in [0.29, 0.717) is 19.4 Å². The number of amides is 4. The zero-order chi connectivity index (χ0) is 24.8. The van der Waals surface area contributed by atoms with Crippen LogP contribution in [0.1, 0.15) is 46.0 Å². The largest absolute Gasteiger partial charge is 0.480 e. The molecule has 0 fully saturated rings. The highest BCUT2D eigenvalue weighted by Gasteiger charge is 2.30. The Morgan fingerprint density at radius 1 is 0.906 bits per heavy atom. The van der Waals surface area contributed by atoms with Crippen molar-refractivity contribution in [2.45, 2.75) is 70.1 Å². The average molecular weight is 477 g/mol. The van der Waals surface area contributed by atoms with Crippen LogP contribution in [0, 0.1) is 5.92 Å². The third kappa shape index (κ3) is 11.9. The zero-order valence-electron chi connectivity index (χ0n) is 18.5. The molecule has 0 rings (SSSR count). The van der Waals surface area contributed by atoms with Crippen molar-refractivity contribution >= 4 is 42.2 Å². The van der Waals surface area contributed by atoms with Crippen molar-refractivity contribution in [2.75, 3.05) is 12.3 Å². The summed E-state index contributed by atoms with van der Waals surface area (Å²) in [5.41, 5.74) is 16.3. The number of aliphatic carboxylic acids is 1. The topological polar surface area (TPSA) is 220 Å². The monoisotopic (exact) mass is 476 g/mol. The van der Waals surface area contributed by atoms with Gasteiger partial charge >= 0.3 is 5.97 Å². The summed E-state index contributed by atoms with van der Waals surface area (Å²) in [6, 6.07) is -4.51. The summed E-state index contributed by atoms with van der Waals surface area (Å²) in [4.78, 5) is 59.9. The van der Waals surface area contributed by atoms with Crippen molar-refractivity contribution in [3.8, 4) is 0 Å². The van der Waals surface area contributed by atoms with Gasteiger partial charge in [0.05, 0.1) is 12.5 Å². The number of rotatable bonds is 16. The normalized spacial score (nSPS) is 14.7.